The normalized spacial score (nSPS) is 11.7. The zero-order chi connectivity index (χ0) is 15.2. The highest BCUT2D eigenvalue weighted by molar-refractivity contribution is 9.10. The highest BCUT2D eigenvalue weighted by Gasteiger charge is 2.10. The van der Waals surface area contributed by atoms with Crippen LogP contribution < -0.4 is 15.8 Å². The van der Waals surface area contributed by atoms with Gasteiger partial charge in [0, 0.05) is 16.2 Å². The van der Waals surface area contributed by atoms with Gasteiger partial charge in [-0.2, -0.15) is 0 Å². The minimum atomic E-state index is -0.173. The van der Waals surface area contributed by atoms with Crippen molar-refractivity contribution in [2.45, 2.75) is 13.0 Å². The predicted molar refractivity (Wildman–Crippen MR) is 87.0 cm³/mol. The van der Waals surface area contributed by atoms with E-state index in [1.165, 1.54) is 0 Å². The number of ether oxygens (including phenoxy) is 1. The van der Waals surface area contributed by atoms with Crippen molar-refractivity contribution in [3.63, 3.8) is 0 Å². The van der Waals surface area contributed by atoms with Crippen molar-refractivity contribution in [2.24, 2.45) is 0 Å². The Balaban J connectivity index is 1.85. The third-order valence-corrected chi connectivity index (χ3v) is 3.50. The van der Waals surface area contributed by atoms with E-state index in [1.807, 2.05) is 31.2 Å². The van der Waals surface area contributed by atoms with Crippen LogP contribution in [0.3, 0.4) is 0 Å². The van der Waals surface area contributed by atoms with Gasteiger partial charge in [0.1, 0.15) is 5.75 Å². The lowest BCUT2D eigenvalue weighted by atomic mass is 10.1. The van der Waals surface area contributed by atoms with Crippen molar-refractivity contribution < 1.29 is 9.53 Å². The average Bonchev–Trinajstić information content (AvgIpc) is 2.46. The van der Waals surface area contributed by atoms with Gasteiger partial charge in [-0.25, -0.2) is 0 Å². The zero-order valence-corrected chi connectivity index (χ0v) is 13.3. The number of anilines is 1. The zero-order valence-electron chi connectivity index (χ0n) is 11.7. The summed E-state index contributed by atoms with van der Waals surface area (Å²) in [5.74, 6) is 0.411. The molecule has 0 fully saturated rings. The first kappa shape index (κ1) is 15.4. The molecule has 21 heavy (non-hydrogen) atoms. The van der Waals surface area contributed by atoms with Crippen LogP contribution >= 0.6 is 15.9 Å². The standard InChI is InChI=1S/C16H17BrN2O2/c1-11(12-5-7-13(17)8-6-12)19-16(20)10-21-15-4-2-3-14(18)9-15/h2-9,11H,10,18H2,1H3,(H,19,20)/t11-/m1/s1. The fraction of sp³-hybridized carbons (Fsp3) is 0.188. The smallest absolute Gasteiger partial charge is 0.258 e. The lowest BCUT2D eigenvalue weighted by Gasteiger charge is -2.15. The highest BCUT2D eigenvalue weighted by atomic mass is 79.9. The first-order valence-corrected chi connectivity index (χ1v) is 7.37. The molecule has 2 aromatic carbocycles. The third kappa shape index (κ3) is 4.79. The Morgan fingerprint density at radius 2 is 2.00 bits per heavy atom. The molecule has 0 aliphatic heterocycles. The number of nitrogen functional groups attached to an aromatic ring is 1. The molecule has 0 aromatic heterocycles. The van der Waals surface area contributed by atoms with Crippen LogP contribution in [0, 0.1) is 0 Å². The number of hydrogen-bond donors (Lipinski definition) is 2. The average molecular weight is 349 g/mol. The molecule has 3 N–H and O–H groups in total. The molecule has 0 radical (unpaired) electrons. The summed E-state index contributed by atoms with van der Waals surface area (Å²) in [6.07, 6.45) is 0. The number of hydrogen-bond acceptors (Lipinski definition) is 3. The second kappa shape index (κ2) is 7.13. The second-order valence-corrected chi connectivity index (χ2v) is 5.62. The summed E-state index contributed by atoms with van der Waals surface area (Å²) in [6, 6.07) is 14.8. The molecule has 0 aliphatic rings. The fourth-order valence-corrected chi connectivity index (χ4v) is 2.14. The molecule has 0 saturated carbocycles. The maximum atomic E-state index is 11.9. The van der Waals surface area contributed by atoms with E-state index in [9.17, 15) is 4.79 Å². The molecule has 1 atom stereocenters. The van der Waals surface area contributed by atoms with Gasteiger partial charge in [-0.15, -0.1) is 0 Å². The Hall–Kier alpha value is -2.01. The van der Waals surface area contributed by atoms with E-state index in [4.69, 9.17) is 10.5 Å². The second-order valence-electron chi connectivity index (χ2n) is 4.70. The molecule has 0 unspecified atom stereocenters. The summed E-state index contributed by atoms with van der Waals surface area (Å²) in [5.41, 5.74) is 7.29. The summed E-state index contributed by atoms with van der Waals surface area (Å²) in [6.45, 7) is 1.89. The van der Waals surface area contributed by atoms with Gasteiger partial charge < -0.3 is 15.8 Å². The van der Waals surface area contributed by atoms with Gasteiger partial charge in [-0.05, 0) is 36.8 Å². The minimum Gasteiger partial charge on any atom is -0.484 e. The molecule has 0 heterocycles. The van der Waals surface area contributed by atoms with E-state index in [-0.39, 0.29) is 18.6 Å². The minimum absolute atomic E-state index is 0.0374. The Morgan fingerprint density at radius 1 is 1.29 bits per heavy atom. The Morgan fingerprint density at radius 3 is 2.67 bits per heavy atom. The number of nitrogens with two attached hydrogens (primary N) is 1. The van der Waals surface area contributed by atoms with Crippen LogP contribution in [-0.4, -0.2) is 12.5 Å². The van der Waals surface area contributed by atoms with Crippen molar-refractivity contribution in [1.82, 2.24) is 5.32 Å². The van der Waals surface area contributed by atoms with E-state index in [1.54, 1.807) is 24.3 Å². The Bertz CT molecular complexity index is 614. The summed E-state index contributed by atoms with van der Waals surface area (Å²) in [4.78, 5) is 11.9. The third-order valence-electron chi connectivity index (χ3n) is 2.98. The number of carbonyl (C=O) groups excluding carboxylic acids is 1. The number of amides is 1. The van der Waals surface area contributed by atoms with Gasteiger partial charge >= 0.3 is 0 Å². The number of carbonyl (C=O) groups is 1. The topological polar surface area (TPSA) is 64.3 Å². The van der Waals surface area contributed by atoms with Crippen LogP contribution in [0.2, 0.25) is 0 Å². The van der Waals surface area contributed by atoms with Crippen LogP contribution in [0.15, 0.2) is 53.0 Å². The van der Waals surface area contributed by atoms with Crippen LogP contribution in [-0.2, 0) is 4.79 Å². The number of benzene rings is 2. The van der Waals surface area contributed by atoms with Crippen molar-refractivity contribution in [2.75, 3.05) is 12.3 Å². The van der Waals surface area contributed by atoms with Gasteiger partial charge in [-0.3, -0.25) is 4.79 Å². The molecule has 5 heteroatoms. The van der Waals surface area contributed by atoms with Crippen LogP contribution in [0.5, 0.6) is 5.75 Å². The van der Waals surface area contributed by atoms with E-state index >= 15 is 0 Å². The van der Waals surface area contributed by atoms with Crippen LogP contribution in [0.1, 0.15) is 18.5 Å². The number of nitrogens with one attached hydrogen (secondary N) is 1. The van der Waals surface area contributed by atoms with Gasteiger partial charge in [0.15, 0.2) is 6.61 Å². The molecular weight excluding hydrogens is 332 g/mol. The molecule has 110 valence electrons. The largest absolute Gasteiger partial charge is 0.484 e. The maximum Gasteiger partial charge on any atom is 0.258 e. The van der Waals surface area contributed by atoms with E-state index < -0.39 is 0 Å². The lowest BCUT2D eigenvalue weighted by molar-refractivity contribution is -0.123. The molecule has 0 saturated heterocycles. The van der Waals surface area contributed by atoms with Crippen molar-refractivity contribution in [1.29, 1.82) is 0 Å². The first-order valence-electron chi connectivity index (χ1n) is 6.58. The Labute approximate surface area is 132 Å². The maximum absolute atomic E-state index is 11.9. The quantitative estimate of drug-likeness (QED) is 0.815. The number of rotatable bonds is 5. The van der Waals surface area contributed by atoms with Crippen molar-refractivity contribution in [3.8, 4) is 5.75 Å². The molecule has 4 nitrogen and oxygen atoms in total. The molecule has 2 aromatic rings. The van der Waals surface area contributed by atoms with E-state index in [2.05, 4.69) is 21.2 Å². The highest BCUT2D eigenvalue weighted by Crippen LogP contribution is 2.17. The summed E-state index contributed by atoms with van der Waals surface area (Å²) >= 11 is 3.38. The molecule has 2 rings (SSSR count). The molecule has 0 bridgehead atoms. The van der Waals surface area contributed by atoms with Crippen LogP contribution in [0.25, 0.3) is 0 Å². The van der Waals surface area contributed by atoms with Crippen molar-refractivity contribution in [3.05, 3.63) is 58.6 Å². The van der Waals surface area contributed by atoms with Crippen LogP contribution in [0.4, 0.5) is 5.69 Å². The summed E-state index contributed by atoms with van der Waals surface area (Å²) < 4.78 is 6.41. The summed E-state index contributed by atoms with van der Waals surface area (Å²) in [5, 5.41) is 2.89. The van der Waals surface area contributed by atoms with Gasteiger partial charge in [0.25, 0.3) is 5.91 Å². The molecule has 0 aliphatic carbocycles. The lowest BCUT2D eigenvalue weighted by Crippen LogP contribution is -2.31. The number of halogens is 1. The first-order chi connectivity index (χ1) is 10.0. The van der Waals surface area contributed by atoms with Gasteiger partial charge in [0.05, 0.1) is 6.04 Å². The molecule has 1 amide bonds. The fourth-order valence-electron chi connectivity index (χ4n) is 1.87. The molecule has 0 spiro atoms. The molecular formula is C16H17BrN2O2. The monoisotopic (exact) mass is 348 g/mol. The van der Waals surface area contributed by atoms with Gasteiger partial charge in [0.2, 0.25) is 0 Å². The SMILES string of the molecule is C[C@@H](NC(=O)COc1cccc(N)c1)c1ccc(Br)cc1. The predicted octanol–water partition coefficient (Wildman–Crippen LogP) is 3.29. The van der Waals surface area contributed by atoms with Gasteiger partial charge in [-0.1, -0.05) is 34.1 Å². The Kier molecular flexibility index (Phi) is 5.22. The van der Waals surface area contributed by atoms with E-state index in [0.29, 0.717) is 11.4 Å². The van der Waals surface area contributed by atoms with Crippen molar-refractivity contribution >= 4 is 27.5 Å². The summed E-state index contributed by atoms with van der Waals surface area (Å²) in [7, 11) is 0. The van der Waals surface area contributed by atoms with E-state index in [0.717, 1.165) is 10.0 Å².